The Hall–Kier alpha value is -4.91. The first-order chi connectivity index (χ1) is 18.9. The van der Waals surface area contributed by atoms with Crippen LogP contribution in [0.15, 0.2) is 88.1 Å². The fraction of sp³-hybridized carbons (Fsp3) is 0.156. The van der Waals surface area contributed by atoms with Crippen molar-refractivity contribution in [2.45, 2.75) is 13.8 Å². The molecule has 1 aliphatic carbocycles. The molecule has 0 aromatic heterocycles. The molecule has 1 aliphatic heterocycles. The van der Waals surface area contributed by atoms with Gasteiger partial charge in [-0.15, -0.1) is 0 Å². The number of aryl methyl sites for hydroxylation is 1. The monoisotopic (exact) mass is 520 g/mol. The lowest BCUT2D eigenvalue weighted by Crippen LogP contribution is -2.35. The molecule has 196 valence electrons. The smallest absolute Gasteiger partial charge is 0.251 e. The van der Waals surface area contributed by atoms with Crippen molar-refractivity contribution < 1.29 is 19.1 Å². The van der Waals surface area contributed by atoms with Gasteiger partial charge in [-0.25, -0.2) is 0 Å². The van der Waals surface area contributed by atoms with Crippen molar-refractivity contribution in [3.05, 3.63) is 106 Å². The van der Waals surface area contributed by atoms with Crippen LogP contribution < -0.4 is 15.6 Å². The molecule has 0 atom stereocenters. The first kappa shape index (κ1) is 25.7. The Balaban J connectivity index is 1.39. The number of anilines is 1. The van der Waals surface area contributed by atoms with Gasteiger partial charge in [0.15, 0.2) is 5.43 Å². The fourth-order valence-electron chi connectivity index (χ4n) is 4.87. The minimum absolute atomic E-state index is 0.0678. The van der Waals surface area contributed by atoms with Crippen LogP contribution in [0.1, 0.15) is 33.2 Å². The number of hydrogen-bond acceptors (Lipinski definition) is 6. The number of nitrogens with one attached hydrogen (secondary N) is 1. The van der Waals surface area contributed by atoms with Gasteiger partial charge in [-0.1, -0.05) is 6.07 Å². The number of aromatic hydroxyl groups is 1. The van der Waals surface area contributed by atoms with Gasteiger partial charge in [-0.3, -0.25) is 14.4 Å². The maximum absolute atomic E-state index is 13.0. The number of likely N-dealkylation sites (N-methyl/N-ethyl adjacent to an activating group) is 1. The van der Waals surface area contributed by atoms with Gasteiger partial charge >= 0.3 is 0 Å². The van der Waals surface area contributed by atoms with Gasteiger partial charge in [0.25, 0.3) is 5.91 Å². The van der Waals surface area contributed by atoms with E-state index in [-0.39, 0.29) is 17.1 Å². The molecule has 0 spiro atoms. The molecular formula is C32H28N2O5. The van der Waals surface area contributed by atoms with E-state index in [2.05, 4.69) is 10.2 Å². The summed E-state index contributed by atoms with van der Waals surface area (Å²) in [6.45, 7) is 5.83. The van der Waals surface area contributed by atoms with E-state index in [1.165, 1.54) is 18.2 Å². The molecule has 7 heteroatoms. The van der Waals surface area contributed by atoms with Gasteiger partial charge in [0.1, 0.15) is 23.4 Å². The van der Waals surface area contributed by atoms with Crippen LogP contribution in [0, 0.1) is 6.92 Å². The topological polar surface area (TPSA) is 99.8 Å². The summed E-state index contributed by atoms with van der Waals surface area (Å²) in [5, 5.41) is 13.8. The Morgan fingerprint density at radius 3 is 2.46 bits per heavy atom. The summed E-state index contributed by atoms with van der Waals surface area (Å²) < 4.78 is 5.94. The zero-order valence-corrected chi connectivity index (χ0v) is 21.7. The van der Waals surface area contributed by atoms with Crippen molar-refractivity contribution in [2.75, 3.05) is 24.5 Å². The highest BCUT2D eigenvalue weighted by Crippen LogP contribution is 2.41. The van der Waals surface area contributed by atoms with Crippen LogP contribution >= 0.6 is 0 Å². The molecule has 7 nitrogen and oxygen atoms in total. The molecule has 39 heavy (non-hydrogen) atoms. The first-order valence-electron chi connectivity index (χ1n) is 12.8. The SMILES string of the molecule is CCN(CCNC(=O)c1ccc(-c2c3ccc(=O)cc-3oc3cc(O)ccc23)c(C)c1)c1ccc(C=O)cc1. The average Bonchev–Trinajstić information content (AvgIpc) is 2.94. The Morgan fingerprint density at radius 2 is 1.74 bits per heavy atom. The molecule has 5 rings (SSSR count). The van der Waals surface area contributed by atoms with Crippen LogP contribution in [0.4, 0.5) is 5.69 Å². The van der Waals surface area contributed by atoms with Gasteiger partial charge in [-0.05, 0) is 85.6 Å². The Kier molecular flexibility index (Phi) is 7.14. The Bertz CT molecular complexity index is 1700. The number of carbonyl (C=O) groups excluding carboxylic acids is 2. The summed E-state index contributed by atoms with van der Waals surface area (Å²) in [4.78, 5) is 38.0. The van der Waals surface area contributed by atoms with E-state index in [1.807, 2.05) is 38.1 Å². The van der Waals surface area contributed by atoms with E-state index in [0.717, 1.165) is 46.2 Å². The third-order valence-electron chi connectivity index (χ3n) is 6.88. The predicted molar refractivity (Wildman–Crippen MR) is 153 cm³/mol. The third kappa shape index (κ3) is 5.25. The maximum Gasteiger partial charge on any atom is 0.251 e. The zero-order valence-electron chi connectivity index (χ0n) is 21.7. The summed E-state index contributed by atoms with van der Waals surface area (Å²) in [6, 6.07) is 22.5. The second kappa shape index (κ2) is 10.8. The van der Waals surface area contributed by atoms with Crippen LogP contribution in [0.3, 0.4) is 0 Å². The van der Waals surface area contributed by atoms with Gasteiger partial charge in [0, 0.05) is 65.1 Å². The quantitative estimate of drug-likeness (QED) is 0.203. The number of aldehydes is 1. The van der Waals surface area contributed by atoms with E-state index in [4.69, 9.17) is 4.42 Å². The number of hydrogen-bond donors (Lipinski definition) is 2. The van der Waals surface area contributed by atoms with Crippen molar-refractivity contribution in [3.63, 3.8) is 0 Å². The van der Waals surface area contributed by atoms with Crippen LogP contribution in [0.2, 0.25) is 0 Å². The molecule has 2 aliphatic rings. The highest BCUT2D eigenvalue weighted by Gasteiger charge is 2.20. The standard InChI is InChI=1S/C32H28N2O5/c1-3-34(23-7-4-21(19-35)5-8-23)15-14-33-32(38)22-6-11-26(20(2)16-22)31-27-12-9-24(36)17-29(27)39-30-18-25(37)10-13-28(30)31/h4-13,16-19,36H,3,14-15H2,1-2H3,(H,33,38). The zero-order chi connectivity index (χ0) is 27.5. The lowest BCUT2D eigenvalue weighted by molar-refractivity contribution is 0.0954. The van der Waals surface area contributed by atoms with Crippen LogP contribution in [0.5, 0.6) is 5.75 Å². The van der Waals surface area contributed by atoms with Crippen molar-refractivity contribution in [2.24, 2.45) is 0 Å². The molecule has 0 unspecified atom stereocenters. The normalized spacial score (nSPS) is 11.0. The molecule has 2 N–H and O–H groups in total. The summed E-state index contributed by atoms with van der Waals surface area (Å²) in [5.74, 6) is 0.326. The van der Waals surface area contributed by atoms with E-state index >= 15 is 0 Å². The molecule has 0 saturated carbocycles. The molecule has 0 radical (unpaired) electrons. The van der Waals surface area contributed by atoms with Crippen molar-refractivity contribution in [3.8, 4) is 28.2 Å². The Morgan fingerprint density at radius 1 is 0.974 bits per heavy atom. The summed E-state index contributed by atoms with van der Waals surface area (Å²) >= 11 is 0. The minimum atomic E-state index is -0.171. The Labute approximate surface area is 225 Å². The highest BCUT2D eigenvalue weighted by atomic mass is 16.3. The molecule has 0 saturated heterocycles. The van der Waals surface area contributed by atoms with Crippen LogP contribution in [-0.2, 0) is 0 Å². The van der Waals surface area contributed by atoms with Crippen LogP contribution in [0.25, 0.3) is 33.4 Å². The lowest BCUT2D eigenvalue weighted by Gasteiger charge is -2.23. The number of nitrogens with zero attached hydrogens (tertiary/aromatic N) is 1. The molecular weight excluding hydrogens is 492 g/mol. The highest BCUT2D eigenvalue weighted by molar-refractivity contribution is 6.03. The molecule has 0 fully saturated rings. The number of benzene rings is 4. The third-order valence-corrected chi connectivity index (χ3v) is 6.88. The van der Waals surface area contributed by atoms with Crippen molar-refractivity contribution in [1.29, 1.82) is 0 Å². The maximum atomic E-state index is 13.0. The number of phenolic OH excluding ortho intramolecular Hbond substituents is 1. The molecule has 1 amide bonds. The number of fused-ring (bicyclic) bond motifs is 2. The van der Waals surface area contributed by atoms with E-state index in [9.17, 15) is 19.5 Å². The van der Waals surface area contributed by atoms with E-state index in [0.29, 0.717) is 35.6 Å². The van der Waals surface area contributed by atoms with E-state index < -0.39 is 0 Å². The van der Waals surface area contributed by atoms with Gasteiger partial charge in [0.2, 0.25) is 0 Å². The summed E-state index contributed by atoms with van der Waals surface area (Å²) in [5.41, 5.74) is 5.89. The molecule has 3 aromatic rings. The number of amides is 1. The second-order valence-corrected chi connectivity index (χ2v) is 9.39. The predicted octanol–water partition coefficient (Wildman–Crippen LogP) is 5.65. The van der Waals surface area contributed by atoms with Crippen molar-refractivity contribution >= 4 is 28.8 Å². The lowest BCUT2D eigenvalue weighted by atomic mass is 9.90. The summed E-state index contributed by atoms with van der Waals surface area (Å²) in [7, 11) is 0. The largest absolute Gasteiger partial charge is 0.508 e. The minimum Gasteiger partial charge on any atom is -0.508 e. The molecule has 0 bridgehead atoms. The molecule has 3 aromatic carbocycles. The first-order valence-corrected chi connectivity index (χ1v) is 12.8. The van der Waals surface area contributed by atoms with Crippen LogP contribution in [-0.4, -0.2) is 36.9 Å². The fourth-order valence-corrected chi connectivity index (χ4v) is 4.87. The summed E-state index contributed by atoms with van der Waals surface area (Å²) in [6.07, 6.45) is 0.818. The van der Waals surface area contributed by atoms with Crippen molar-refractivity contribution in [1.82, 2.24) is 5.32 Å². The van der Waals surface area contributed by atoms with E-state index in [1.54, 1.807) is 36.4 Å². The van der Waals surface area contributed by atoms with Gasteiger partial charge in [0.05, 0.1) is 0 Å². The second-order valence-electron chi connectivity index (χ2n) is 9.39. The number of rotatable bonds is 8. The number of phenols is 1. The van der Waals surface area contributed by atoms with Gasteiger partial charge < -0.3 is 19.7 Å². The average molecular weight is 521 g/mol. The van der Waals surface area contributed by atoms with Gasteiger partial charge in [-0.2, -0.15) is 0 Å². The molecule has 1 heterocycles. The number of carbonyl (C=O) groups is 2.